The molecule has 2 saturated carbocycles. The zero-order chi connectivity index (χ0) is 34.1. The first kappa shape index (κ1) is 34.2. The van der Waals surface area contributed by atoms with E-state index in [4.69, 9.17) is 0 Å². The summed E-state index contributed by atoms with van der Waals surface area (Å²) in [5.74, 6) is -5.03. The van der Waals surface area contributed by atoms with E-state index in [1.54, 1.807) is 19.9 Å². The van der Waals surface area contributed by atoms with E-state index in [1.807, 2.05) is 6.92 Å². The molecule has 3 fully saturated rings. The van der Waals surface area contributed by atoms with Gasteiger partial charge in [0.1, 0.15) is 23.3 Å². The molecule has 47 heavy (non-hydrogen) atoms. The SMILES string of the molecule is CCC(=O)N/C(C(=O)N1CC2(C1)CC(F)(F)C2)=C(\C)c1ccc(NC(=O)[C@@H](NC(=O)c2ccnn2CC)C2CCC(C)CC2)c(F)c1. The van der Waals surface area contributed by atoms with Gasteiger partial charge in [-0.25, -0.2) is 13.2 Å². The molecule has 0 unspecified atom stereocenters. The van der Waals surface area contributed by atoms with E-state index >= 15 is 4.39 Å². The summed E-state index contributed by atoms with van der Waals surface area (Å²) in [5, 5.41) is 12.3. The number of benzene rings is 1. The van der Waals surface area contributed by atoms with Gasteiger partial charge in [-0.15, -0.1) is 0 Å². The highest BCUT2D eigenvalue weighted by molar-refractivity contribution is 6.04. The molecule has 1 atom stereocenters. The molecule has 2 heterocycles. The van der Waals surface area contributed by atoms with Crippen LogP contribution in [-0.4, -0.2) is 63.4 Å². The highest BCUT2D eigenvalue weighted by Gasteiger charge is 2.62. The number of likely N-dealkylation sites (tertiary alicyclic amines) is 1. The van der Waals surface area contributed by atoms with E-state index in [2.05, 4.69) is 28.0 Å². The van der Waals surface area contributed by atoms with Gasteiger partial charge in [-0.1, -0.05) is 32.8 Å². The van der Waals surface area contributed by atoms with Gasteiger partial charge in [0, 0.05) is 50.5 Å². The summed E-state index contributed by atoms with van der Waals surface area (Å²) >= 11 is 0. The van der Waals surface area contributed by atoms with E-state index < -0.39 is 46.8 Å². The normalized spacial score (nSPS) is 22.3. The van der Waals surface area contributed by atoms with Crippen molar-refractivity contribution >= 4 is 34.9 Å². The Morgan fingerprint density at radius 3 is 2.32 bits per heavy atom. The van der Waals surface area contributed by atoms with Crippen molar-refractivity contribution in [3.05, 3.63) is 53.2 Å². The summed E-state index contributed by atoms with van der Waals surface area (Å²) in [5.41, 5.74) is 0.173. The van der Waals surface area contributed by atoms with Gasteiger partial charge in [-0.3, -0.25) is 23.9 Å². The zero-order valence-corrected chi connectivity index (χ0v) is 27.3. The topological polar surface area (TPSA) is 125 Å². The fraction of sp³-hybridized carbons (Fsp3) is 0.559. The van der Waals surface area contributed by atoms with Gasteiger partial charge < -0.3 is 20.9 Å². The number of rotatable bonds is 10. The molecule has 1 spiro atoms. The molecule has 1 aromatic heterocycles. The van der Waals surface area contributed by atoms with E-state index in [1.165, 1.54) is 27.9 Å². The number of hydrogen-bond donors (Lipinski definition) is 3. The molecule has 1 saturated heterocycles. The Labute approximate surface area is 272 Å². The zero-order valence-electron chi connectivity index (χ0n) is 27.3. The first-order valence-electron chi connectivity index (χ1n) is 16.4. The number of amides is 4. The van der Waals surface area contributed by atoms with Gasteiger partial charge in [-0.2, -0.15) is 5.10 Å². The van der Waals surface area contributed by atoms with Crippen LogP contribution in [0.15, 0.2) is 36.2 Å². The fourth-order valence-corrected chi connectivity index (χ4v) is 7.08. The fourth-order valence-electron chi connectivity index (χ4n) is 7.08. The molecular weight excluding hydrogens is 613 g/mol. The van der Waals surface area contributed by atoms with E-state index in [0.29, 0.717) is 29.3 Å². The molecule has 1 aliphatic heterocycles. The number of aromatic nitrogens is 2. The van der Waals surface area contributed by atoms with Crippen LogP contribution in [0.3, 0.4) is 0 Å². The Morgan fingerprint density at radius 2 is 1.72 bits per heavy atom. The number of aryl methyl sites for hydroxylation is 1. The van der Waals surface area contributed by atoms with Crippen LogP contribution in [0.25, 0.3) is 5.57 Å². The van der Waals surface area contributed by atoms with Crippen molar-refractivity contribution in [2.24, 2.45) is 17.3 Å². The monoisotopic (exact) mass is 656 g/mol. The summed E-state index contributed by atoms with van der Waals surface area (Å²) in [6.45, 7) is 8.01. The van der Waals surface area contributed by atoms with Gasteiger partial charge in [0.05, 0.1) is 5.69 Å². The third kappa shape index (κ3) is 7.38. The van der Waals surface area contributed by atoms with Crippen LogP contribution >= 0.6 is 0 Å². The number of alkyl halides is 2. The number of nitrogens with zero attached hydrogens (tertiary/aromatic N) is 3. The second-order valence-electron chi connectivity index (χ2n) is 13.5. The van der Waals surface area contributed by atoms with Gasteiger partial charge >= 0.3 is 0 Å². The van der Waals surface area contributed by atoms with Crippen molar-refractivity contribution in [3.8, 4) is 0 Å². The van der Waals surface area contributed by atoms with Crippen LogP contribution in [0.5, 0.6) is 0 Å². The minimum absolute atomic E-state index is 0.0467. The standard InChI is InChI=1S/C34H43F3N6O4/c1-5-27(44)40-28(32(47)42-18-33(19-42)16-34(36,37)17-33)21(4)23-11-12-25(24(35)15-23)39-31(46)29(22-9-7-20(3)8-10-22)41-30(45)26-13-14-38-43(26)6-2/h11-15,20,22,29H,5-10,16-19H2,1-4H3,(H,39,46)(H,40,44)(H,41,45)/b28-21+/t20?,22?,29-/m0/s1. The summed E-state index contributed by atoms with van der Waals surface area (Å²) in [4.78, 5) is 54.0. The number of hydrogen-bond acceptors (Lipinski definition) is 5. The van der Waals surface area contributed by atoms with Crippen LogP contribution in [0.1, 0.15) is 88.7 Å². The van der Waals surface area contributed by atoms with Crippen LogP contribution in [-0.2, 0) is 20.9 Å². The molecule has 4 amide bonds. The minimum Gasteiger partial charge on any atom is -0.339 e. The molecule has 3 aliphatic rings. The molecule has 254 valence electrons. The lowest BCUT2D eigenvalue weighted by Gasteiger charge is -2.58. The first-order chi connectivity index (χ1) is 22.2. The molecule has 0 radical (unpaired) electrons. The maximum Gasteiger partial charge on any atom is 0.270 e. The van der Waals surface area contributed by atoms with E-state index in [9.17, 15) is 28.0 Å². The van der Waals surface area contributed by atoms with Crippen molar-refractivity contribution in [2.75, 3.05) is 18.4 Å². The van der Waals surface area contributed by atoms with Crippen molar-refractivity contribution in [1.82, 2.24) is 25.3 Å². The molecule has 5 rings (SSSR count). The Hall–Kier alpha value is -4.16. The third-order valence-corrected chi connectivity index (χ3v) is 9.79. The van der Waals surface area contributed by atoms with Crippen molar-refractivity contribution in [2.45, 2.75) is 91.1 Å². The van der Waals surface area contributed by atoms with Crippen LogP contribution in [0.2, 0.25) is 0 Å². The van der Waals surface area contributed by atoms with Crippen molar-refractivity contribution in [3.63, 3.8) is 0 Å². The Bertz CT molecular complexity index is 1560. The van der Waals surface area contributed by atoms with Gasteiger partial charge in [-0.05, 0) is 67.9 Å². The smallest absolute Gasteiger partial charge is 0.270 e. The van der Waals surface area contributed by atoms with E-state index in [-0.39, 0.29) is 49.7 Å². The van der Waals surface area contributed by atoms with Crippen molar-refractivity contribution in [1.29, 1.82) is 0 Å². The molecule has 1 aromatic carbocycles. The minimum atomic E-state index is -2.71. The summed E-state index contributed by atoms with van der Waals surface area (Å²) in [6, 6.07) is 4.74. The number of carbonyl (C=O) groups excluding carboxylic acids is 4. The summed E-state index contributed by atoms with van der Waals surface area (Å²) in [7, 11) is 0. The summed E-state index contributed by atoms with van der Waals surface area (Å²) < 4.78 is 44.1. The number of carbonyl (C=O) groups is 4. The lowest BCUT2D eigenvalue weighted by molar-refractivity contribution is -0.213. The third-order valence-electron chi connectivity index (χ3n) is 9.79. The Balaban J connectivity index is 1.34. The quantitative estimate of drug-likeness (QED) is 0.306. The number of nitrogens with one attached hydrogen (secondary N) is 3. The van der Waals surface area contributed by atoms with Gasteiger partial charge in [0.2, 0.25) is 17.7 Å². The number of anilines is 1. The number of halogens is 3. The molecule has 2 aliphatic carbocycles. The predicted octanol–water partition coefficient (Wildman–Crippen LogP) is 5.12. The van der Waals surface area contributed by atoms with Crippen LogP contribution < -0.4 is 16.0 Å². The molecular formula is C34H43F3N6O4. The van der Waals surface area contributed by atoms with Gasteiger partial charge in [0.15, 0.2) is 0 Å². The second-order valence-corrected chi connectivity index (χ2v) is 13.5. The Morgan fingerprint density at radius 1 is 1.04 bits per heavy atom. The van der Waals surface area contributed by atoms with Gasteiger partial charge in [0.25, 0.3) is 11.8 Å². The highest BCUT2D eigenvalue weighted by Crippen LogP contribution is 2.56. The average Bonchev–Trinajstić information content (AvgIpc) is 3.50. The maximum absolute atomic E-state index is 15.6. The number of allylic oxidation sites excluding steroid dienone is 1. The highest BCUT2D eigenvalue weighted by atomic mass is 19.3. The maximum atomic E-state index is 15.6. The van der Waals surface area contributed by atoms with Crippen LogP contribution in [0.4, 0.5) is 18.9 Å². The average molecular weight is 657 g/mol. The molecule has 0 bridgehead atoms. The Kier molecular flexibility index (Phi) is 9.83. The molecule has 10 nitrogen and oxygen atoms in total. The molecule has 3 N–H and O–H groups in total. The van der Waals surface area contributed by atoms with Crippen molar-refractivity contribution < 1.29 is 32.3 Å². The summed E-state index contributed by atoms with van der Waals surface area (Å²) in [6.07, 6.45) is 4.37. The molecule has 13 heteroatoms. The first-order valence-corrected chi connectivity index (χ1v) is 16.4. The molecule has 2 aromatic rings. The lowest BCUT2D eigenvalue weighted by Crippen LogP contribution is -2.67. The van der Waals surface area contributed by atoms with Crippen LogP contribution in [0, 0.1) is 23.1 Å². The lowest BCUT2D eigenvalue weighted by atomic mass is 9.61. The second kappa shape index (κ2) is 13.5. The van der Waals surface area contributed by atoms with E-state index in [0.717, 1.165) is 31.7 Å². The predicted molar refractivity (Wildman–Crippen MR) is 170 cm³/mol. The largest absolute Gasteiger partial charge is 0.339 e.